The second-order valence-electron chi connectivity index (χ2n) is 7.57. The lowest BCUT2D eigenvalue weighted by molar-refractivity contribution is -0.130. The Balaban J connectivity index is 1.63. The zero-order valence-electron chi connectivity index (χ0n) is 15.7. The van der Waals surface area contributed by atoms with Gasteiger partial charge in [-0.15, -0.1) is 6.58 Å². The highest BCUT2D eigenvalue weighted by molar-refractivity contribution is 5.76. The van der Waals surface area contributed by atoms with Crippen molar-refractivity contribution in [3.63, 3.8) is 0 Å². The first-order chi connectivity index (χ1) is 12.0. The summed E-state index contributed by atoms with van der Waals surface area (Å²) in [4.78, 5) is 19.4. The number of carbonyl (C=O) groups is 1. The van der Waals surface area contributed by atoms with Crippen molar-refractivity contribution in [3.8, 4) is 0 Å². The van der Waals surface area contributed by atoms with Gasteiger partial charge in [0.15, 0.2) is 0 Å². The van der Waals surface area contributed by atoms with Crippen LogP contribution in [0.5, 0.6) is 0 Å². The monoisotopic (exact) mass is 345 g/mol. The van der Waals surface area contributed by atoms with Crippen molar-refractivity contribution in [2.45, 2.75) is 31.2 Å². The van der Waals surface area contributed by atoms with Crippen molar-refractivity contribution in [1.82, 2.24) is 24.5 Å². The number of nitrogens with zero attached hydrogens (tertiary/aromatic N) is 5. The van der Waals surface area contributed by atoms with Crippen molar-refractivity contribution < 1.29 is 4.79 Å². The molecule has 2 aliphatic heterocycles. The molecule has 25 heavy (non-hydrogen) atoms. The molecular weight excluding hydrogens is 314 g/mol. The van der Waals surface area contributed by atoms with Gasteiger partial charge in [0, 0.05) is 64.5 Å². The molecule has 1 spiro atoms. The molecule has 0 N–H and O–H groups in total. The molecule has 138 valence electrons. The lowest BCUT2D eigenvalue weighted by Gasteiger charge is -2.49. The van der Waals surface area contributed by atoms with Gasteiger partial charge in [-0.3, -0.25) is 19.3 Å². The van der Waals surface area contributed by atoms with E-state index in [-0.39, 0.29) is 11.4 Å². The molecule has 6 nitrogen and oxygen atoms in total. The Morgan fingerprint density at radius 3 is 2.84 bits per heavy atom. The third-order valence-corrected chi connectivity index (χ3v) is 5.91. The summed E-state index contributed by atoms with van der Waals surface area (Å²) < 4.78 is 1.87. The molecular formula is C19H31N5O. The highest BCUT2D eigenvalue weighted by Gasteiger charge is 2.41. The van der Waals surface area contributed by atoms with E-state index in [0.717, 1.165) is 52.0 Å². The van der Waals surface area contributed by atoms with E-state index in [2.05, 4.69) is 34.7 Å². The van der Waals surface area contributed by atoms with E-state index in [0.29, 0.717) is 13.0 Å². The Hall–Kier alpha value is -1.66. The third kappa shape index (κ3) is 4.12. The van der Waals surface area contributed by atoms with Gasteiger partial charge in [0.2, 0.25) is 5.91 Å². The Kier molecular flexibility index (Phi) is 5.59. The summed E-state index contributed by atoms with van der Waals surface area (Å²) in [6.45, 7) is 9.58. The molecule has 3 rings (SSSR count). The van der Waals surface area contributed by atoms with E-state index in [4.69, 9.17) is 0 Å². The smallest absolute Gasteiger partial charge is 0.222 e. The molecule has 2 fully saturated rings. The fourth-order valence-electron chi connectivity index (χ4n) is 4.20. The minimum Gasteiger partial charge on any atom is -0.339 e. The topological polar surface area (TPSA) is 44.6 Å². The number of hydrogen-bond acceptors (Lipinski definition) is 4. The average molecular weight is 345 g/mol. The predicted molar refractivity (Wildman–Crippen MR) is 99.3 cm³/mol. The Bertz CT molecular complexity index is 613. The number of amides is 1. The standard InChI is InChI=1S/C19H31N5O/c1-4-9-24-11-8-19(7-5-18(24)25)16-23(13-12-21(19)2)10-6-17-14-20-22(3)15-17/h4,14-15H,1,5-13,16H2,2-3H3. The Morgan fingerprint density at radius 2 is 2.12 bits per heavy atom. The molecule has 0 saturated carbocycles. The molecule has 2 aliphatic rings. The van der Waals surface area contributed by atoms with E-state index in [1.807, 2.05) is 28.9 Å². The average Bonchev–Trinajstić information content (AvgIpc) is 2.95. The summed E-state index contributed by atoms with van der Waals surface area (Å²) in [5.41, 5.74) is 1.42. The number of piperazine rings is 1. The van der Waals surface area contributed by atoms with Crippen molar-refractivity contribution in [1.29, 1.82) is 0 Å². The van der Waals surface area contributed by atoms with E-state index in [1.54, 1.807) is 0 Å². The normalized spacial score (nSPS) is 26.2. The van der Waals surface area contributed by atoms with Gasteiger partial charge in [0.05, 0.1) is 6.20 Å². The van der Waals surface area contributed by atoms with Crippen LogP contribution in [-0.2, 0) is 18.3 Å². The first-order valence-corrected chi connectivity index (χ1v) is 9.32. The van der Waals surface area contributed by atoms with Crippen LogP contribution in [0.4, 0.5) is 0 Å². The van der Waals surface area contributed by atoms with Crippen LogP contribution in [0.15, 0.2) is 25.0 Å². The first kappa shape index (κ1) is 18.1. The molecule has 1 aromatic rings. The van der Waals surface area contributed by atoms with Crippen molar-refractivity contribution in [3.05, 3.63) is 30.6 Å². The number of hydrogen-bond donors (Lipinski definition) is 0. The zero-order valence-corrected chi connectivity index (χ0v) is 15.7. The second kappa shape index (κ2) is 7.70. The maximum absolute atomic E-state index is 12.4. The first-order valence-electron chi connectivity index (χ1n) is 9.32. The van der Waals surface area contributed by atoms with Crippen LogP contribution < -0.4 is 0 Å². The van der Waals surface area contributed by atoms with Gasteiger partial charge in [-0.05, 0) is 31.9 Å². The maximum atomic E-state index is 12.4. The molecule has 1 aromatic heterocycles. The van der Waals surface area contributed by atoms with Crippen molar-refractivity contribution in [2.24, 2.45) is 7.05 Å². The summed E-state index contributed by atoms with van der Waals surface area (Å²) in [5, 5.41) is 4.26. The van der Waals surface area contributed by atoms with Crippen LogP contribution in [-0.4, -0.2) is 82.2 Å². The molecule has 0 aromatic carbocycles. The summed E-state index contributed by atoms with van der Waals surface area (Å²) in [6.07, 6.45) is 9.59. The molecule has 2 saturated heterocycles. The Labute approximate surface area is 151 Å². The van der Waals surface area contributed by atoms with Crippen LogP contribution in [0.25, 0.3) is 0 Å². The van der Waals surface area contributed by atoms with Gasteiger partial charge in [-0.2, -0.15) is 5.10 Å². The van der Waals surface area contributed by atoms with Crippen LogP contribution in [0, 0.1) is 0 Å². The zero-order chi connectivity index (χ0) is 17.9. The summed E-state index contributed by atoms with van der Waals surface area (Å²) in [6, 6.07) is 0. The number of carbonyl (C=O) groups excluding carboxylic acids is 1. The van der Waals surface area contributed by atoms with E-state index >= 15 is 0 Å². The minimum atomic E-state index is 0.124. The van der Waals surface area contributed by atoms with Gasteiger partial charge in [0.1, 0.15) is 0 Å². The van der Waals surface area contributed by atoms with E-state index in [9.17, 15) is 4.79 Å². The minimum absolute atomic E-state index is 0.124. The van der Waals surface area contributed by atoms with Crippen LogP contribution >= 0.6 is 0 Å². The van der Waals surface area contributed by atoms with Gasteiger partial charge in [0.25, 0.3) is 0 Å². The number of likely N-dealkylation sites (N-methyl/N-ethyl adjacent to an activating group) is 1. The molecule has 0 aliphatic carbocycles. The van der Waals surface area contributed by atoms with E-state index < -0.39 is 0 Å². The number of aromatic nitrogens is 2. The largest absolute Gasteiger partial charge is 0.339 e. The fraction of sp³-hybridized carbons (Fsp3) is 0.684. The SMILES string of the molecule is C=CCN1CCC2(CCC1=O)CN(CCc1cnn(C)c1)CCN2C. The van der Waals surface area contributed by atoms with Crippen molar-refractivity contribution in [2.75, 3.05) is 46.3 Å². The molecule has 3 heterocycles. The highest BCUT2D eigenvalue weighted by Crippen LogP contribution is 2.32. The lowest BCUT2D eigenvalue weighted by Crippen LogP contribution is -2.61. The van der Waals surface area contributed by atoms with Crippen molar-refractivity contribution >= 4 is 5.91 Å². The maximum Gasteiger partial charge on any atom is 0.222 e. The van der Waals surface area contributed by atoms with Gasteiger partial charge in [-0.25, -0.2) is 0 Å². The molecule has 1 amide bonds. The molecule has 6 heteroatoms. The van der Waals surface area contributed by atoms with Crippen LogP contribution in [0.2, 0.25) is 0 Å². The summed E-state index contributed by atoms with van der Waals surface area (Å²) >= 11 is 0. The van der Waals surface area contributed by atoms with Gasteiger partial charge < -0.3 is 4.90 Å². The fourth-order valence-corrected chi connectivity index (χ4v) is 4.20. The molecule has 0 radical (unpaired) electrons. The van der Waals surface area contributed by atoms with Crippen LogP contribution in [0.1, 0.15) is 24.8 Å². The van der Waals surface area contributed by atoms with E-state index in [1.165, 1.54) is 5.56 Å². The third-order valence-electron chi connectivity index (χ3n) is 5.91. The number of aryl methyl sites for hydroxylation is 1. The number of likely N-dealkylation sites (tertiary alicyclic amines) is 1. The van der Waals surface area contributed by atoms with Gasteiger partial charge in [-0.1, -0.05) is 6.08 Å². The Morgan fingerprint density at radius 1 is 1.28 bits per heavy atom. The molecule has 1 unspecified atom stereocenters. The molecule has 0 bridgehead atoms. The number of rotatable bonds is 5. The second-order valence-corrected chi connectivity index (χ2v) is 7.57. The molecule has 1 atom stereocenters. The lowest BCUT2D eigenvalue weighted by atomic mass is 9.86. The van der Waals surface area contributed by atoms with Crippen LogP contribution in [0.3, 0.4) is 0 Å². The quantitative estimate of drug-likeness (QED) is 0.751. The predicted octanol–water partition coefficient (Wildman–Crippen LogP) is 1.15. The summed E-state index contributed by atoms with van der Waals surface area (Å²) in [5.74, 6) is 0.276. The summed E-state index contributed by atoms with van der Waals surface area (Å²) in [7, 11) is 4.19. The highest BCUT2D eigenvalue weighted by atomic mass is 16.2. The van der Waals surface area contributed by atoms with Gasteiger partial charge >= 0.3 is 0 Å².